The van der Waals surface area contributed by atoms with Crippen LogP contribution >= 0.6 is 0 Å². The fraction of sp³-hybridized carbons (Fsp3) is 0.269. The van der Waals surface area contributed by atoms with Crippen LogP contribution in [0.4, 0.5) is 0 Å². The van der Waals surface area contributed by atoms with Crippen LogP contribution in [0.3, 0.4) is 0 Å². The van der Waals surface area contributed by atoms with E-state index in [4.69, 9.17) is 9.51 Å². The molecule has 0 aliphatic heterocycles. The maximum absolute atomic E-state index is 12.3. The van der Waals surface area contributed by atoms with Gasteiger partial charge in [-0.1, -0.05) is 49.3 Å². The summed E-state index contributed by atoms with van der Waals surface area (Å²) in [5, 5.41) is 7.54. The fourth-order valence-corrected chi connectivity index (χ4v) is 4.64. The highest BCUT2D eigenvalue weighted by atomic mass is 32.2. The zero-order valence-corrected chi connectivity index (χ0v) is 20.9. The largest absolute Gasteiger partial charge is 0.412 e. The van der Waals surface area contributed by atoms with Gasteiger partial charge < -0.3 is 15.3 Å². The molecule has 7 nitrogen and oxygen atoms in total. The maximum atomic E-state index is 12.3. The second-order valence-corrected chi connectivity index (χ2v) is 10.3. The summed E-state index contributed by atoms with van der Waals surface area (Å²) in [4.78, 5) is 10.2. The average Bonchev–Trinajstić information content (AvgIpc) is 3.29. The van der Waals surface area contributed by atoms with Crippen molar-refractivity contribution in [1.82, 2.24) is 20.4 Å². The van der Waals surface area contributed by atoms with E-state index in [0.29, 0.717) is 11.5 Å². The molecule has 0 aliphatic carbocycles. The van der Waals surface area contributed by atoms with Gasteiger partial charge in [-0.3, -0.25) is 9.19 Å². The minimum Gasteiger partial charge on any atom is -0.412 e. The Morgan fingerprint density at radius 3 is 2.44 bits per heavy atom. The molecule has 0 bridgehead atoms. The summed E-state index contributed by atoms with van der Waals surface area (Å²) in [6.07, 6.45) is 1.75. The number of hydrogen-bond acceptors (Lipinski definition) is 6. The van der Waals surface area contributed by atoms with Crippen molar-refractivity contribution in [2.75, 3.05) is 7.05 Å². The van der Waals surface area contributed by atoms with Crippen LogP contribution in [0.25, 0.3) is 34.0 Å². The number of benzene rings is 2. The minimum absolute atomic E-state index is 0. The molecule has 0 fully saturated rings. The zero-order chi connectivity index (χ0) is 23.5. The summed E-state index contributed by atoms with van der Waals surface area (Å²) >= 11 is 0. The lowest BCUT2D eigenvalue weighted by Gasteiger charge is -2.08. The zero-order valence-electron chi connectivity index (χ0n) is 20.0. The average molecular weight is 481 g/mol. The predicted molar refractivity (Wildman–Crippen MR) is 138 cm³/mol. The van der Waals surface area contributed by atoms with Crippen LogP contribution in [0, 0.1) is 13.8 Å². The molecular weight excluding hydrogens is 448 g/mol. The second-order valence-electron chi connectivity index (χ2n) is 8.32. The summed E-state index contributed by atoms with van der Waals surface area (Å²) in [6, 6.07) is 15.9. The number of hydrogen-bond donors (Lipinski definition) is 1. The summed E-state index contributed by atoms with van der Waals surface area (Å²) in [6.45, 7) is 8.70. The van der Waals surface area contributed by atoms with E-state index in [-0.39, 0.29) is 12.2 Å². The van der Waals surface area contributed by atoms with E-state index in [9.17, 15) is 4.21 Å². The molecule has 180 valence electrons. The van der Waals surface area contributed by atoms with Crippen molar-refractivity contribution in [2.45, 2.75) is 44.4 Å². The third-order valence-corrected chi connectivity index (χ3v) is 7.05. The van der Waals surface area contributed by atoms with Crippen molar-refractivity contribution >= 4 is 10.8 Å². The number of nitrogens with one attached hydrogen (secondary N) is 1. The fourth-order valence-electron chi connectivity index (χ4n) is 3.69. The molecule has 2 aromatic heterocycles. The first kappa shape index (κ1) is 25.4. The first-order valence-corrected chi connectivity index (χ1v) is 12.1. The predicted octanol–water partition coefficient (Wildman–Crippen LogP) is 4.74. The molecule has 3 N–H and O–H groups in total. The smallest absolute Gasteiger partial charge is 0.187 e. The Balaban J connectivity index is 0.00000216. The van der Waals surface area contributed by atoms with E-state index in [2.05, 4.69) is 40.6 Å². The van der Waals surface area contributed by atoms with Gasteiger partial charge >= 0.3 is 0 Å². The van der Waals surface area contributed by atoms with Gasteiger partial charge in [0.05, 0.1) is 28.4 Å². The highest BCUT2D eigenvalue weighted by Crippen LogP contribution is 2.30. The van der Waals surface area contributed by atoms with Gasteiger partial charge in [0.25, 0.3) is 0 Å². The van der Waals surface area contributed by atoms with Crippen LogP contribution in [0.5, 0.6) is 0 Å². The summed E-state index contributed by atoms with van der Waals surface area (Å²) in [5.74, 6) is 0.577. The summed E-state index contributed by atoms with van der Waals surface area (Å²) < 4.78 is 18.0. The molecule has 0 saturated heterocycles. The Labute approximate surface area is 203 Å². The normalized spacial score (nSPS) is 11.9. The monoisotopic (exact) mass is 480 g/mol. The van der Waals surface area contributed by atoms with Gasteiger partial charge in [-0.25, -0.2) is 4.98 Å². The Morgan fingerprint density at radius 2 is 1.79 bits per heavy atom. The van der Waals surface area contributed by atoms with Gasteiger partial charge in [-0.15, -0.1) is 0 Å². The maximum Gasteiger partial charge on any atom is 0.187 e. The van der Waals surface area contributed by atoms with Crippen molar-refractivity contribution in [2.24, 2.45) is 0 Å². The van der Waals surface area contributed by atoms with Crippen LogP contribution in [-0.4, -0.2) is 37.1 Å². The van der Waals surface area contributed by atoms with Gasteiger partial charge in [-0.05, 0) is 44.2 Å². The van der Waals surface area contributed by atoms with E-state index in [1.165, 1.54) is 5.56 Å². The molecule has 1 atom stereocenters. The second kappa shape index (κ2) is 10.8. The van der Waals surface area contributed by atoms with E-state index in [0.717, 1.165) is 45.2 Å². The van der Waals surface area contributed by atoms with Crippen LogP contribution in [0.15, 0.2) is 64.1 Å². The first-order valence-electron chi connectivity index (χ1n) is 10.9. The Morgan fingerprint density at radius 1 is 1.06 bits per heavy atom. The molecular formula is C26H32N4O3S. The number of rotatable bonds is 7. The topological polar surface area (TPSA) is 112 Å². The summed E-state index contributed by atoms with van der Waals surface area (Å²) in [5.41, 5.74) is 7.21. The van der Waals surface area contributed by atoms with Gasteiger partial charge in [0.15, 0.2) is 5.76 Å². The molecule has 0 saturated carbocycles. The molecule has 8 heteroatoms. The van der Waals surface area contributed by atoms with Gasteiger partial charge in [-0.2, -0.15) is 0 Å². The Kier molecular flexibility index (Phi) is 8.09. The molecule has 0 spiro atoms. The first-order chi connectivity index (χ1) is 15.9. The van der Waals surface area contributed by atoms with Crippen LogP contribution < -0.4 is 5.32 Å². The van der Waals surface area contributed by atoms with Crippen LogP contribution in [-0.2, 0) is 17.3 Å². The number of aromatic nitrogens is 3. The lowest BCUT2D eigenvalue weighted by Crippen LogP contribution is -2.05. The van der Waals surface area contributed by atoms with E-state index >= 15 is 0 Å². The number of aryl methyl sites for hydroxylation is 2. The quantitative estimate of drug-likeness (QED) is 0.409. The van der Waals surface area contributed by atoms with Crippen molar-refractivity contribution < 1.29 is 15.6 Å². The highest BCUT2D eigenvalue weighted by Gasteiger charge is 2.16. The Hall–Kier alpha value is -3.20. The van der Waals surface area contributed by atoms with Gasteiger partial charge in [0.2, 0.25) is 0 Å². The molecule has 0 amide bonds. The van der Waals surface area contributed by atoms with Crippen LogP contribution in [0.2, 0.25) is 0 Å². The third-order valence-electron chi connectivity index (χ3n) is 5.46. The van der Waals surface area contributed by atoms with Gasteiger partial charge in [0.1, 0.15) is 11.4 Å². The number of nitrogens with zero attached hydrogens (tertiary/aromatic N) is 3. The van der Waals surface area contributed by atoms with Crippen molar-refractivity contribution in [1.29, 1.82) is 0 Å². The molecule has 1 unspecified atom stereocenters. The molecule has 4 aromatic rings. The third kappa shape index (κ3) is 5.30. The van der Waals surface area contributed by atoms with Crippen molar-refractivity contribution in [3.63, 3.8) is 0 Å². The van der Waals surface area contributed by atoms with Crippen LogP contribution in [0.1, 0.15) is 32.1 Å². The molecule has 2 heterocycles. The van der Waals surface area contributed by atoms with E-state index < -0.39 is 10.8 Å². The molecule has 34 heavy (non-hydrogen) atoms. The Bertz CT molecular complexity index is 1310. The molecule has 0 radical (unpaired) electrons. The molecule has 2 aromatic carbocycles. The van der Waals surface area contributed by atoms with Crippen molar-refractivity contribution in [3.05, 3.63) is 71.5 Å². The lowest BCUT2D eigenvalue weighted by atomic mass is 10.0. The summed E-state index contributed by atoms with van der Waals surface area (Å²) in [7, 11) is 0.915. The molecule has 4 rings (SSSR count). The molecule has 0 aliphatic rings. The lowest BCUT2D eigenvalue weighted by molar-refractivity contribution is 0.433. The minimum atomic E-state index is -1.02. The van der Waals surface area contributed by atoms with E-state index in [1.54, 1.807) is 6.20 Å². The van der Waals surface area contributed by atoms with Crippen molar-refractivity contribution in [3.8, 4) is 34.0 Å². The standard InChI is InChI=1S/C26H28N4O2S.H2O.H2/c1-16(2)33(31)21-9-7-20(8-10-21)24-15-28-18(4)26(29-24)25-13-23(30-32-25)22-11-6-19(14-27-5)12-17(22)3;;/h6-13,15-16,27H,14H2,1-5H3;1H2;1H. The highest BCUT2D eigenvalue weighted by molar-refractivity contribution is 7.85. The SMILES string of the molecule is CNCc1ccc(-c2cc(-c3nc(-c4ccc(S(=O)C(C)C)cc4)cnc3C)on2)c(C)c1.O.[HH]. The van der Waals surface area contributed by atoms with Gasteiger partial charge in [0, 0.05) is 35.3 Å². The van der Waals surface area contributed by atoms with E-state index in [1.807, 2.05) is 58.2 Å².